The standard InChI is InChI=1S/C15H11N5/c1-9-12(8-16)14(17)20-15(19-9)11-4-5-13-10(7-11)3-2-6-18-13/h2-7H,1H3,(H2,17,19,20). The monoisotopic (exact) mass is 261 g/mol. The number of anilines is 1. The quantitative estimate of drug-likeness (QED) is 0.726. The Labute approximate surface area is 115 Å². The SMILES string of the molecule is Cc1nc(-c2ccc3ncccc3c2)nc(N)c1C#N. The third-order valence-corrected chi connectivity index (χ3v) is 3.09. The molecule has 0 aliphatic rings. The summed E-state index contributed by atoms with van der Waals surface area (Å²) in [5, 5.41) is 9.99. The maximum absolute atomic E-state index is 8.98. The lowest BCUT2D eigenvalue weighted by Crippen LogP contribution is -2.02. The first-order chi connectivity index (χ1) is 9.69. The predicted molar refractivity (Wildman–Crippen MR) is 76.6 cm³/mol. The van der Waals surface area contributed by atoms with Crippen molar-refractivity contribution in [1.82, 2.24) is 15.0 Å². The molecule has 96 valence electrons. The zero-order chi connectivity index (χ0) is 14.1. The van der Waals surface area contributed by atoms with Crippen molar-refractivity contribution in [2.45, 2.75) is 6.92 Å². The van der Waals surface area contributed by atoms with Gasteiger partial charge >= 0.3 is 0 Å². The molecule has 5 nitrogen and oxygen atoms in total. The van der Waals surface area contributed by atoms with Crippen LogP contribution in [0.5, 0.6) is 0 Å². The summed E-state index contributed by atoms with van der Waals surface area (Å²) < 4.78 is 0. The molecule has 0 aliphatic carbocycles. The van der Waals surface area contributed by atoms with E-state index in [4.69, 9.17) is 11.0 Å². The number of aryl methyl sites for hydroxylation is 1. The summed E-state index contributed by atoms with van der Waals surface area (Å²) in [5.74, 6) is 0.728. The molecule has 0 bridgehead atoms. The van der Waals surface area contributed by atoms with Gasteiger partial charge in [-0.05, 0) is 31.2 Å². The van der Waals surface area contributed by atoms with E-state index in [1.165, 1.54) is 0 Å². The molecule has 0 atom stereocenters. The van der Waals surface area contributed by atoms with Crippen molar-refractivity contribution in [3.05, 3.63) is 47.8 Å². The lowest BCUT2D eigenvalue weighted by atomic mass is 10.1. The fourth-order valence-corrected chi connectivity index (χ4v) is 2.08. The van der Waals surface area contributed by atoms with Crippen LogP contribution in [0.15, 0.2) is 36.5 Å². The summed E-state index contributed by atoms with van der Waals surface area (Å²) in [6.07, 6.45) is 1.75. The topological polar surface area (TPSA) is 88.5 Å². The number of hydrogen-bond donors (Lipinski definition) is 1. The van der Waals surface area contributed by atoms with Crippen molar-refractivity contribution in [1.29, 1.82) is 5.26 Å². The summed E-state index contributed by atoms with van der Waals surface area (Å²) in [5.41, 5.74) is 8.47. The summed E-state index contributed by atoms with van der Waals surface area (Å²) in [7, 11) is 0. The molecule has 5 heteroatoms. The first-order valence-electron chi connectivity index (χ1n) is 6.08. The van der Waals surface area contributed by atoms with Gasteiger partial charge < -0.3 is 5.73 Å². The smallest absolute Gasteiger partial charge is 0.161 e. The first-order valence-corrected chi connectivity index (χ1v) is 6.08. The van der Waals surface area contributed by atoms with Crippen molar-refractivity contribution in [2.75, 3.05) is 5.73 Å². The minimum atomic E-state index is 0.210. The lowest BCUT2D eigenvalue weighted by Gasteiger charge is -2.06. The number of rotatable bonds is 1. The second-order valence-electron chi connectivity index (χ2n) is 4.42. The Morgan fingerprint density at radius 2 is 2.05 bits per heavy atom. The van der Waals surface area contributed by atoms with Gasteiger partial charge in [0.1, 0.15) is 17.5 Å². The van der Waals surface area contributed by atoms with E-state index in [1.54, 1.807) is 13.1 Å². The molecule has 0 aliphatic heterocycles. The molecule has 0 spiro atoms. The van der Waals surface area contributed by atoms with E-state index in [0.717, 1.165) is 16.5 Å². The van der Waals surface area contributed by atoms with Crippen molar-refractivity contribution in [3.8, 4) is 17.5 Å². The summed E-state index contributed by atoms with van der Waals surface area (Å²) in [6, 6.07) is 11.6. The van der Waals surface area contributed by atoms with Crippen LogP contribution in [-0.4, -0.2) is 15.0 Å². The number of fused-ring (bicyclic) bond motifs is 1. The number of hydrogen-bond acceptors (Lipinski definition) is 5. The van der Waals surface area contributed by atoms with Gasteiger partial charge in [0, 0.05) is 17.1 Å². The fraction of sp³-hybridized carbons (Fsp3) is 0.0667. The maximum Gasteiger partial charge on any atom is 0.161 e. The van der Waals surface area contributed by atoms with Gasteiger partial charge in [0.25, 0.3) is 0 Å². The highest BCUT2D eigenvalue weighted by Crippen LogP contribution is 2.23. The molecule has 0 fully saturated rings. The maximum atomic E-state index is 8.98. The molecule has 3 aromatic rings. The van der Waals surface area contributed by atoms with Crippen molar-refractivity contribution in [2.24, 2.45) is 0 Å². The third-order valence-electron chi connectivity index (χ3n) is 3.09. The summed E-state index contributed by atoms with van der Waals surface area (Å²) in [6.45, 7) is 1.75. The molecule has 0 saturated heterocycles. The third kappa shape index (κ3) is 1.93. The Hall–Kier alpha value is -3.00. The highest BCUT2D eigenvalue weighted by atomic mass is 15.0. The summed E-state index contributed by atoms with van der Waals surface area (Å²) in [4.78, 5) is 12.8. The minimum absolute atomic E-state index is 0.210. The second kappa shape index (κ2) is 4.59. The van der Waals surface area contributed by atoms with E-state index < -0.39 is 0 Å². The Balaban J connectivity index is 2.18. The molecule has 0 saturated carbocycles. The number of nitrogens with two attached hydrogens (primary N) is 1. The normalized spacial score (nSPS) is 10.4. The van der Waals surface area contributed by atoms with Crippen LogP contribution in [0, 0.1) is 18.3 Å². The van der Waals surface area contributed by atoms with Crippen molar-refractivity contribution in [3.63, 3.8) is 0 Å². The lowest BCUT2D eigenvalue weighted by molar-refractivity contribution is 1.10. The number of aromatic nitrogens is 3. The van der Waals surface area contributed by atoms with Gasteiger partial charge in [-0.15, -0.1) is 0 Å². The Kier molecular flexibility index (Phi) is 2.77. The molecule has 2 heterocycles. The van der Waals surface area contributed by atoms with Crippen LogP contribution in [0.1, 0.15) is 11.3 Å². The van der Waals surface area contributed by atoms with Crippen LogP contribution in [0.25, 0.3) is 22.3 Å². The fourth-order valence-electron chi connectivity index (χ4n) is 2.08. The molecule has 2 aromatic heterocycles. The summed E-state index contributed by atoms with van der Waals surface area (Å²) >= 11 is 0. The van der Waals surface area contributed by atoms with E-state index in [-0.39, 0.29) is 5.82 Å². The number of nitrogens with zero attached hydrogens (tertiary/aromatic N) is 4. The van der Waals surface area contributed by atoms with Crippen LogP contribution >= 0.6 is 0 Å². The zero-order valence-corrected chi connectivity index (χ0v) is 10.8. The molecular formula is C15H11N5. The molecule has 0 amide bonds. The molecule has 3 rings (SSSR count). The second-order valence-corrected chi connectivity index (χ2v) is 4.42. The molecule has 0 radical (unpaired) electrons. The Morgan fingerprint density at radius 1 is 1.20 bits per heavy atom. The van der Waals surface area contributed by atoms with Gasteiger partial charge in [0.2, 0.25) is 0 Å². The van der Waals surface area contributed by atoms with E-state index in [2.05, 4.69) is 15.0 Å². The van der Waals surface area contributed by atoms with Crippen molar-refractivity contribution < 1.29 is 0 Å². The van der Waals surface area contributed by atoms with Crippen molar-refractivity contribution >= 4 is 16.7 Å². The van der Waals surface area contributed by atoms with Gasteiger partial charge in [-0.1, -0.05) is 6.07 Å². The van der Waals surface area contributed by atoms with Crippen LogP contribution in [0.2, 0.25) is 0 Å². The van der Waals surface area contributed by atoms with Crippen LogP contribution in [0.4, 0.5) is 5.82 Å². The number of nitriles is 1. The van der Waals surface area contributed by atoms with Gasteiger partial charge in [0.05, 0.1) is 11.2 Å². The minimum Gasteiger partial charge on any atom is -0.382 e. The van der Waals surface area contributed by atoms with Crippen LogP contribution in [0.3, 0.4) is 0 Å². The highest BCUT2D eigenvalue weighted by Gasteiger charge is 2.10. The van der Waals surface area contributed by atoms with Crippen LogP contribution in [-0.2, 0) is 0 Å². The van der Waals surface area contributed by atoms with E-state index in [9.17, 15) is 0 Å². The average Bonchev–Trinajstić information content (AvgIpc) is 2.46. The van der Waals surface area contributed by atoms with Gasteiger partial charge in [-0.2, -0.15) is 5.26 Å². The van der Waals surface area contributed by atoms with Crippen LogP contribution < -0.4 is 5.73 Å². The van der Waals surface area contributed by atoms with E-state index in [1.807, 2.05) is 36.4 Å². The zero-order valence-electron chi connectivity index (χ0n) is 10.8. The predicted octanol–water partition coefficient (Wildman–Crippen LogP) is 2.45. The van der Waals surface area contributed by atoms with E-state index in [0.29, 0.717) is 17.1 Å². The first kappa shape index (κ1) is 12.1. The average molecular weight is 261 g/mol. The molecular weight excluding hydrogens is 250 g/mol. The van der Waals surface area contributed by atoms with Gasteiger partial charge in [-0.3, -0.25) is 4.98 Å². The number of benzene rings is 1. The molecule has 2 N–H and O–H groups in total. The van der Waals surface area contributed by atoms with Gasteiger partial charge in [0.15, 0.2) is 5.82 Å². The Morgan fingerprint density at radius 3 is 2.80 bits per heavy atom. The molecule has 0 unspecified atom stereocenters. The number of pyridine rings is 1. The number of nitrogen functional groups attached to an aromatic ring is 1. The highest BCUT2D eigenvalue weighted by molar-refractivity contribution is 5.83. The van der Waals surface area contributed by atoms with Gasteiger partial charge in [-0.25, -0.2) is 9.97 Å². The van der Waals surface area contributed by atoms with E-state index >= 15 is 0 Å². The molecule has 1 aromatic carbocycles. The molecule has 20 heavy (non-hydrogen) atoms. The Bertz CT molecular complexity index is 825. The largest absolute Gasteiger partial charge is 0.382 e.